The monoisotopic (exact) mass is 1040 g/mol. The van der Waals surface area contributed by atoms with Crippen LogP contribution in [0.5, 0.6) is 0 Å². The summed E-state index contributed by atoms with van der Waals surface area (Å²) < 4.78 is 16.7. The number of hydrogen-bond donors (Lipinski definition) is 0. The minimum Gasteiger partial charge on any atom is -0.462 e. The van der Waals surface area contributed by atoms with E-state index in [-0.39, 0.29) is 31.1 Å². The van der Waals surface area contributed by atoms with E-state index < -0.39 is 6.10 Å². The summed E-state index contributed by atoms with van der Waals surface area (Å²) in [6.07, 6.45) is 85.7. The zero-order valence-corrected chi connectivity index (χ0v) is 49.0. The van der Waals surface area contributed by atoms with Crippen molar-refractivity contribution in [3.63, 3.8) is 0 Å². The van der Waals surface area contributed by atoms with Gasteiger partial charge in [-0.2, -0.15) is 0 Å². The highest BCUT2D eigenvalue weighted by Gasteiger charge is 2.19. The molecule has 0 aromatic rings. The first-order chi connectivity index (χ1) is 37.0. The van der Waals surface area contributed by atoms with Gasteiger partial charge in [0.15, 0.2) is 6.10 Å². The van der Waals surface area contributed by atoms with E-state index >= 15 is 0 Å². The van der Waals surface area contributed by atoms with Crippen molar-refractivity contribution in [2.75, 3.05) is 13.2 Å². The average molecular weight is 1040 g/mol. The van der Waals surface area contributed by atoms with Gasteiger partial charge in [0, 0.05) is 19.3 Å². The molecule has 0 amide bonds. The van der Waals surface area contributed by atoms with E-state index in [2.05, 4.69) is 130 Å². The SMILES string of the molecule is CC/C=C\C/C=C\C/C=C\C/C=C\C/C=C\C/C=C\C/C=C\C/C=C\C/C=C\CCCCCC(=O)OCC(COC(=O)CCCCCCC)OC(=O)CCCCCCCCCCCCCCCCCCCCCCC. The number of rotatable bonds is 56. The van der Waals surface area contributed by atoms with E-state index in [0.717, 1.165) is 128 Å². The third kappa shape index (κ3) is 60.8. The van der Waals surface area contributed by atoms with Gasteiger partial charge in [-0.15, -0.1) is 0 Å². The molecule has 0 saturated carbocycles. The number of carbonyl (C=O) groups is 3. The largest absolute Gasteiger partial charge is 0.462 e. The molecule has 0 spiro atoms. The lowest BCUT2D eigenvalue weighted by Gasteiger charge is -2.18. The standard InChI is InChI=1S/C69H116O6/c1-4-7-10-13-15-17-19-21-23-25-27-29-30-31-32-33-34-35-36-37-38-40-41-43-45-47-49-51-53-56-59-62-68(71)74-65-66(64-73-67(70)61-58-55-12-9-6-3)75-69(72)63-60-57-54-52-50-48-46-44-42-39-28-26-24-22-20-18-16-14-11-8-5-2/h7,10,15,17,21,23,27,29,31-32,34-35,37-38,41,43,47,49,66H,4-6,8-9,11-14,16,18-20,22,24-26,28,30,33,36,39-40,42,44-46,48,50-65H2,1-3H3/b10-7-,17-15-,23-21-,29-27-,32-31-,35-34-,38-37-,43-41-,49-47-. The van der Waals surface area contributed by atoms with Gasteiger partial charge in [0.25, 0.3) is 0 Å². The Hall–Kier alpha value is -3.93. The van der Waals surface area contributed by atoms with Gasteiger partial charge in [0.1, 0.15) is 13.2 Å². The molecule has 0 aromatic carbocycles. The van der Waals surface area contributed by atoms with Crippen molar-refractivity contribution in [1.29, 1.82) is 0 Å². The summed E-state index contributed by atoms with van der Waals surface area (Å²) in [4.78, 5) is 37.9. The maximum absolute atomic E-state index is 12.8. The van der Waals surface area contributed by atoms with Crippen molar-refractivity contribution in [2.45, 2.75) is 297 Å². The predicted octanol–water partition coefficient (Wildman–Crippen LogP) is 21.4. The summed E-state index contributed by atoms with van der Waals surface area (Å²) >= 11 is 0. The van der Waals surface area contributed by atoms with Crippen LogP contribution in [-0.4, -0.2) is 37.2 Å². The minimum atomic E-state index is -0.788. The normalized spacial score (nSPS) is 12.8. The van der Waals surface area contributed by atoms with Crippen LogP contribution in [-0.2, 0) is 28.6 Å². The summed E-state index contributed by atoms with van der Waals surface area (Å²) in [5, 5.41) is 0. The summed E-state index contributed by atoms with van der Waals surface area (Å²) in [5.74, 6) is -0.930. The number of esters is 3. The molecule has 0 aliphatic carbocycles. The Bertz CT molecular complexity index is 1520. The smallest absolute Gasteiger partial charge is 0.306 e. The van der Waals surface area contributed by atoms with Gasteiger partial charge in [-0.1, -0.05) is 291 Å². The molecule has 0 aliphatic heterocycles. The zero-order chi connectivity index (χ0) is 54.3. The van der Waals surface area contributed by atoms with Crippen LogP contribution in [0.15, 0.2) is 109 Å². The Labute approximate surface area is 463 Å². The molecule has 0 aliphatic rings. The van der Waals surface area contributed by atoms with Gasteiger partial charge in [-0.25, -0.2) is 0 Å². The molecule has 0 aromatic heterocycles. The van der Waals surface area contributed by atoms with Crippen molar-refractivity contribution in [2.24, 2.45) is 0 Å². The topological polar surface area (TPSA) is 78.9 Å². The van der Waals surface area contributed by atoms with Crippen LogP contribution in [0.4, 0.5) is 0 Å². The molecule has 0 fully saturated rings. The van der Waals surface area contributed by atoms with Crippen LogP contribution >= 0.6 is 0 Å². The Balaban J connectivity index is 4.14. The van der Waals surface area contributed by atoms with Gasteiger partial charge in [0.05, 0.1) is 0 Å². The van der Waals surface area contributed by atoms with Gasteiger partial charge in [-0.05, 0) is 89.9 Å². The number of allylic oxidation sites excluding steroid dienone is 18. The second-order valence-corrected chi connectivity index (χ2v) is 20.6. The van der Waals surface area contributed by atoms with Crippen LogP contribution in [0, 0.1) is 0 Å². The molecule has 75 heavy (non-hydrogen) atoms. The van der Waals surface area contributed by atoms with Crippen molar-refractivity contribution >= 4 is 17.9 Å². The molecule has 6 heteroatoms. The van der Waals surface area contributed by atoms with E-state index in [0.29, 0.717) is 19.3 Å². The van der Waals surface area contributed by atoms with Crippen molar-refractivity contribution < 1.29 is 28.6 Å². The Morgan fingerprint density at radius 2 is 0.520 bits per heavy atom. The Morgan fingerprint density at radius 1 is 0.280 bits per heavy atom. The fourth-order valence-corrected chi connectivity index (χ4v) is 8.61. The van der Waals surface area contributed by atoms with Gasteiger partial charge in [-0.3, -0.25) is 14.4 Å². The maximum atomic E-state index is 12.8. The number of carbonyl (C=O) groups excluding carboxylic acids is 3. The van der Waals surface area contributed by atoms with Crippen LogP contribution in [0.3, 0.4) is 0 Å². The van der Waals surface area contributed by atoms with Crippen molar-refractivity contribution in [1.82, 2.24) is 0 Å². The Kier molecular flexibility index (Phi) is 59.3. The molecule has 0 rings (SSSR count). The maximum Gasteiger partial charge on any atom is 0.306 e. The molecule has 6 nitrogen and oxygen atoms in total. The van der Waals surface area contributed by atoms with Gasteiger partial charge >= 0.3 is 17.9 Å². The highest BCUT2D eigenvalue weighted by atomic mass is 16.6. The molecule has 1 unspecified atom stereocenters. The molecule has 428 valence electrons. The van der Waals surface area contributed by atoms with Crippen molar-refractivity contribution in [3.05, 3.63) is 109 Å². The molecular formula is C69H116O6. The van der Waals surface area contributed by atoms with Crippen LogP contribution in [0.2, 0.25) is 0 Å². The zero-order valence-electron chi connectivity index (χ0n) is 49.0. The summed E-state index contributed by atoms with van der Waals surface area (Å²) in [5.41, 5.74) is 0. The Morgan fingerprint density at radius 3 is 0.813 bits per heavy atom. The first kappa shape index (κ1) is 71.1. The van der Waals surface area contributed by atoms with E-state index in [4.69, 9.17) is 14.2 Å². The van der Waals surface area contributed by atoms with E-state index in [1.807, 2.05) is 0 Å². The second kappa shape index (κ2) is 62.6. The minimum absolute atomic E-state index is 0.0879. The lowest BCUT2D eigenvalue weighted by Crippen LogP contribution is -2.30. The van der Waals surface area contributed by atoms with E-state index in [1.54, 1.807) is 0 Å². The third-order valence-corrected chi connectivity index (χ3v) is 13.3. The fraction of sp³-hybridized carbons (Fsp3) is 0.696. The summed E-state index contributed by atoms with van der Waals surface area (Å²) in [6.45, 7) is 6.43. The average Bonchev–Trinajstić information content (AvgIpc) is 3.41. The number of hydrogen-bond acceptors (Lipinski definition) is 6. The molecular weight excluding hydrogens is 925 g/mol. The molecule has 0 N–H and O–H groups in total. The van der Waals surface area contributed by atoms with Crippen LogP contribution < -0.4 is 0 Å². The molecule has 0 heterocycles. The molecule has 0 radical (unpaired) electrons. The fourth-order valence-electron chi connectivity index (χ4n) is 8.61. The first-order valence-electron chi connectivity index (χ1n) is 31.4. The first-order valence-corrected chi connectivity index (χ1v) is 31.4. The number of unbranched alkanes of at least 4 members (excludes halogenated alkanes) is 27. The van der Waals surface area contributed by atoms with E-state index in [1.165, 1.54) is 122 Å². The van der Waals surface area contributed by atoms with Crippen LogP contribution in [0.1, 0.15) is 290 Å². The molecule has 0 bridgehead atoms. The summed E-state index contributed by atoms with van der Waals surface area (Å²) in [6, 6.07) is 0. The van der Waals surface area contributed by atoms with Crippen molar-refractivity contribution in [3.8, 4) is 0 Å². The third-order valence-electron chi connectivity index (χ3n) is 13.3. The predicted molar refractivity (Wildman–Crippen MR) is 325 cm³/mol. The molecule has 1 atom stereocenters. The van der Waals surface area contributed by atoms with Gasteiger partial charge in [0.2, 0.25) is 0 Å². The lowest BCUT2D eigenvalue weighted by molar-refractivity contribution is -0.167. The number of ether oxygens (including phenoxy) is 3. The van der Waals surface area contributed by atoms with Crippen LogP contribution in [0.25, 0.3) is 0 Å². The molecule has 0 saturated heterocycles. The summed E-state index contributed by atoms with van der Waals surface area (Å²) in [7, 11) is 0. The quantitative estimate of drug-likeness (QED) is 0.0261. The lowest BCUT2D eigenvalue weighted by atomic mass is 10.0. The van der Waals surface area contributed by atoms with E-state index in [9.17, 15) is 14.4 Å². The highest BCUT2D eigenvalue weighted by molar-refractivity contribution is 5.71. The second-order valence-electron chi connectivity index (χ2n) is 20.6. The van der Waals surface area contributed by atoms with Gasteiger partial charge < -0.3 is 14.2 Å². The highest BCUT2D eigenvalue weighted by Crippen LogP contribution is 2.16.